The molecule has 2 aromatic rings. The summed E-state index contributed by atoms with van der Waals surface area (Å²) in [6.45, 7) is 3.08. The van der Waals surface area contributed by atoms with Gasteiger partial charge in [-0.1, -0.05) is 42.7 Å². The summed E-state index contributed by atoms with van der Waals surface area (Å²) in [6, 6.07) is 15.5. The van der Waals surface area contributed by atoms with E-state index in [0.717, 1.165) is 13.1 Å². The van der Waals surface area contributed by atoms with Gasteiger partial charge in [-0.2, -0.15) is 0 Å². The lowest BCUT2D eigenvalue weighted by Crippen LogP contribution is -3.15. The Labute approximate surface area is 169 Å². The van der Waals surface area contributed by atoms with Crippen LogP contribution in [-0.2, 0) is 17.8 Å². The van der Waals surface area contributed by atoms with E-state index in [1.54, 1.807) is 0 Å². The van der Waals surface area contributed by atoms with Gasteiger partial charge < -0.3 is 19.3 Å². The van der Waals surface area contributed by atoms with Crippen molar-refractivity contribution in [3.05, 3.63) is 59.9 Å². The standard InChI is InChI=1S/C24H32N2O2/c1-2-16-28-20-24(27)19-26(22-12-7-4-8-13-22)18-23-14-9-15-25(23)17-21-10-5-3-6-11-21/h1,3,5-6,9-11,14-15,22,24,27H,4,7-8,12-13,16-20H2/p+1/t24-/m0/s1. The number of aliphatic hydroxyl groups is 1. The Kier molecular flexibility index (Phi) is 8.17. The predicted octanol–water partition coefficient (Wildman–Crippen LogP) is 2.26. The summed E-state index contributed by atoms with van der Waals surface area (Å²) >= 11 is 0. The van der Waals surface area contributed by atoms with Crippen LogP contribution >= 0.6 is 0 Å². The molecule has 1 aromatic heterocycles. The van der Waals surface area contributed by atoms with Gasteiger partial charge in [0.2, 0.25) is 0 Å². The summed E-state index contributed by atoms with van der Waals surface area (Å²) in [5, 5.41) is 10.5. The van der Waals surface area contributed by atoms with E-state index in [2.05, 4.69) is 59.1 Å². The number of nitrogens with one attached hydrogen (secondary N) is 1. The van der Waals surface area contributed by atoms with Gasteiger partial charge in [0, 0.05) is 12.7 Å². The zero-order valence-electron chi connectivity index (χ0n) is 16.7. The highest BCUT2D eigenvalue weighted by molar-refractivity contribution is 5.17. The monoisotopic (exact) mass is 381 g/mol. The quantitative estimate of drug-likeness (QED) is 0.490. The molecule has 1 aliphatic carbocycles. The van der Waals surface area contributed by atoms with Crippen molar-refractivity contribution in [1.82, 2.24) is 4.57 Å². The van der Waals surface area contributed by atoms with Gasteiger partial charge in [0.15, 0.2) is 0 Å². The maximum Gasteiger partial charge on any atom is 0.126 e. The number of nitrogens with zero attached hydrogens (tertiary/aromatic N) is 1. The first-order chi connectivity index (χ1) is 13.8. The molecule has 4 nitrogen and oxygen atoms in total. The Morgan fingerprint density at radius 3 is 2.68 bits per heavy atom. The molecule has 2 atom stereocenters. The van der Waals surface area contributed by atoms with Crippen LogP contribution in [0.15, 0.2) is 48.7 Å². The van der Waals surface area contributed by atoms with Gasteiger partial charge in [-0.05, 0) is 43.4 Å². The molecule has 1 heterocycles. The van der Waals surface area contributed by atoms with Crippen LogP contribution in [0.5, 0.6) is 0 Å². The maximum absolute atomic E-state index is 10.5. The summed E-state index contributed by atoms with van der Waals surface area (Å²) in [6.07, 6.45) is 13.3. The maximum atomic E-state index is 10.5. The lowest BCUT2D eigenvalue weighted by molar-refractivity contribution is -0.943. The second kappa shape index (κ2) is 11.1. The van der Waals surface area contributed by atoms with Crippen LogP contribution < -0.4 is 4.90 Å². The first kappa shape index (κ1) is 20.7. The summed E-state index contributed by atoms with van der Waals surface area (Å²) in [5.41, 5.74) is 2.63. The average Bonchev–Trinajstić information content (AvgIpc) is 3.16. The largest absolute Gasteiger partial charge is 0.385 e. The highest BCUT2D eigenvalue weighted by atomic mass is 16.5. The highest BCUT2D eigenvalue weighted by Gasteiger charge is 2.27. The number of quaternary nitrogens is 1. The fraction of sp³-hybridized carbons (Fsp3) is 0.500. The first-order valence-electron chi connectivity index (χ1n) is 10.5. The third-order valence-corrected chi connectivity index (χ3v) is 5.70. The SMILES string of the molecule is C#CCOC[C@@H](O)C[NH+](Cc1cccn1Cc1ccccc1)C1CCCCC1. The molecule has 150 valence electrons. The number of ether oxygens (including phenoxy) is 1. The highest BCUT2D eigenvalue weighted by Crippen LogP contribution is 2.16. The molecule has 1 aliphatic rings. The number of benzene rings is 1. The topological polar surface area (TPSA) is 38.8 Å². The van der Waals surface area contributed by atoms with Gasteiger partial charge >= 0.3 is 0 Å². The molecule has 4 heteroatoms. The second-order valence-electron chi connectivity index (χ2n) is 7.86. The minimum Gasteiger partial charge on any atom is -0.385 e. The van der Waals surface area contributed by atoms with Crippen molar-refractivity contribution in [3.63, 3.8) is 0 Å². The van der Waals surface area contributed by atoms with E-state index in [-0.39, 0.29) is 6.61 Å². The number of rotatable bonds is 10. The number of aromatic nitrogens is 1. The van der Waals surface area contributed by atoms with Gasteiger partial charge in [0.05, 0.1) is 18.3 Å². The van der Waals surface area contributed by atoms with E-state index in [1.165, 1.54) is 48.3 Å². The van der Waals surface area contributed by atoms with E-state index in [1.807, 2.05) is 0 Å². The number of hydrogen-bond donors (Lipinski definition) is 2. The summed E-state index contributed by atoms with van der Waals surface area (Å²) in [4.78, 5) is 1.46. The van der Waals surface area contributed by atoms with Crippen molar-refractivity contribution in [1.29, 1.82) is 0 Å². The molecule has 1 unspecified atom stereocenters. The number of hydrogen-bond acceptors (Lipinski definition) is 2. The van der Waals surface area contributed by atoms with Crippen molar-refractivity contribution in [3.8, 4) is 12.3 Å². The van der Waals surface area contributed by atoms with E-state index < -0.39 is 6.10 Å². The summed E-state index contributed by atoms with van der Waals surface area (Å²) in [7, 11) is 0. The molecule has 0 spiro atoms. The molecule has 1 saturated carbocycles. The second-order valence-corrected chi connectivity index (χ2v) is 7.86. The van der Waals surface area contributed by atoms with Crippen LogP contribution in [0.25, 0.3) is 0 Å². The van der Waals surface area contributed by atoms with Crippen molar-refractivity contribution in [2.24, 2.45) is 0 Å². The van der Waals surface area contributed by atoms with E-state index in [0.29, 0.717) is 19.2 Å². The van der Waals surface area contributed by atoms with Crippen molar-refractivity contribution in [2.75, 3.05) is 19.8 Å². The molecule has 2 N–H and O–H groups in total. The molecule has 0 saturated heterocycles. The summed E-state index contributed by atoms with van der Waals surface area (Å²) < 4.78 is 7.70. The third kappa shape index (κ3) is 6.24. The number of terminal acetylenes is 1. The van der Waals surface area contributed by atoms with Crippen LogP contribution in [0.2, 0.25) is 0 Å². The lowest BCUT2D eigenvalue weighted by atomic mass is 9.94. The molecular weight excluding hydrogens is 348 g/mol. The van der Waals surface area contributed by atoms with Crippen molar-refractivity contribution < 1.29 is 14.7 Å². The lowest BCUT2D eigenvalue weighted by Gasteiger charge is -2.33. The minimum atomic E-state index is -0.484. The summed E-state index contributed by atoms with van der Waals surface area (Å²) in [5.74, 6) is 2.46. The molecule has 1 fully saturated rings. The van der Waals surface area contributed by atoms with E-state index in [4.69, 9.17) is 11.2 Å². The molecule has 3 rings (SSSR count). The Morgan fingerprint density at radius 1 is 1.14 bits per heavy atom. The van der Waals surface area contributed by atoms with Crippen molar-refractivity contribution in [2.45, 2.75) is 57.3 Å². The van der Waals surface area contributed by atoms with E-state index >= 15 is 0 Å². The van der Waals surface area contributed by atoms with Gasteiger partial charge in [-0.15, -0.1) is 6.42 Å². The van der Waals surface area contributed by atoms with Crippen LogP contribution in [-0.4, -0.2) is 41.6 Å². The molecule has 0 radical (unpaired) electrons. The van der Waals surface area contributed by atoms with Crippen LogP contribution in [0.3, 0.4) is 0 Å². The fourth-order valence-electron chi connectivity index (χ4n) is 4.29. The zero-order chi connectivity index (χ0) is 19.6. The first-order valence-corrected chi connectivity index (χ1v) is 10.5. The molecule has 0 bridgehead atoms. The van der Waals surface area contributed by atoms with Crippen LogP contribution in [0.4, 0.5) is 0 Å². The molecule has 0 amide bonds. The Hall–Kier alpha value is -2.06. The van der Waals surface area contributed by atoms with Gasteiger partial charge in [-0.25, -0.2) is 0 Å². The van der Waals surface area contributed by atoms with Crippen LogP contribution in [0.1, 0.15) is 43.4 Å². The molecular formula is C24H33N2O2+. The smallest absolute Gasteiger partial charge is 0.126 e. The van der Waals surface area contributed by atoms with Crippen LogP contribution in [0, 0.1) is 12.3 Å². The predicted molar refractivity (Wildman–Crippen MR) is 112 cm³/mol. The van der Waals surface area contributed by atoms with E-state index in [9.17, 15) is 5.11 Å². The minimum absolute atomic E-state index is 0.260. The Balaban J connectivity index is 1.67. The molecule has 0 aliphatic heterocycles. The zero-order valence-corrected chi connectivity index (χ0v) is 16.7. The third-order valence-electron chi connectivity index (χ3n) is 5.70. The van der Waals surface area contributed by atoms with Gasteiger partial charge in [-0.3, -0.25) is 0 Å². The molecule has 1 aromatic carbocycles. The Morgan fingerprint density at radius 2 is 1.93 bits per heavy atom. The Bertz CT molecular complexity index is 729. The molecule has 28 heavy (non-hydrogen) atoms. The average molecular weight is 382 g/mol. The van der Waals surface area contributed by atoms with Crippen molar-refractivity contribution >= 4 is 0 Å². The van der Waals surface area contributed by atoms with Gasteiger partial charge in [0.25, 0.3) is 0 Å². The van der Waals surface area contributed by atoms with Gasteiger partial charge in [0.1, 0.15) is 25.8 Å². The normalized spacial score (nSPS) is 17.1. The number of aliphatic hydroxyl groups excluding tert-OH is 1. The fourth-order valence-corrected chi connectivity index (χ4v) is 4.29.